The molecule has 0 radical (unpaired) electrons. The molecule has 2 nitrogen and oxygen atoms in total. The Morgan fingerprint density at radius 1 is 1.12 bits per heavy atom. The maximum atomic E-state index is 4.21. The molecule has 0 aliphatic rings. The number of nitrogens with zero attached hydrogens (tertiary/aromatic N) is 2. The average molecular weight is 251 g/mol. The second-order valence-corrected chi connectivity index (χ2v) is 5.24. The number of pyridine rings is 1. The van der Waals surface area contributed by atoms with E-state index in [2.05, 4.69) is 28.5 Å². The molecule has 0 bridgehead atoms. The standard InChI is InChI=1S/C12H15N2S2/c1-2-3-5-8-13-11-15-16-12-14-9-6-4-7-10-14/h2-10H,1,11-12H2/q+1/b5-3-,13-8+. The zero-order chi connectivity index (χ0) is 11.5. The Morgan fingerprint density at radius 3 is 2.69 bits per heavy atom. The maximum Gasteiger partial charge on any atom is 0.204 e. The van der Waals surface area contributed by atoms with Crippen molar-refractivity contribution in [1.29, 1.82) is 0 Å². The molecule has 0 saturated heterocycles. The monoisotopic (exact) mass is 251 g/mol. The molecule has 1 aromatic heterocycles. The zero-order valence-electron chi connectivity index (χ0n) is 9.03. The van der Waals surface area contributed by atoms with Gasteiger partial charge >= 0.3 is 0 Å². The molecule has 0 fully saturated rings. The molecule has 84 valence electrons. The maximum absolute atomic E-state index is 4.21. The zero-order valence-corrected chi connectivity index (χ0v) is 10.7. The van der Waals surface area contributed by atoms with E-state index in [1.807, 2.05) is 30.4 Å². The first-order valence-corrected chi connectivity index (χ1v) is 7.38. The molecule has 0 spiro atoms. The van der Waals surface area contributed by atoms with Crippen molar-refractivity contribution in [3.63, 3.8) is 0 Å². The third-order valence-electron chi connectivity index (χ3n) is 1.63. The first-order valence-electron chi connectivity index (χ1n) is 4.89. The average Bonchev–Trinajstić information content (AvgIpc) is 2.34. The summed E-state index contributed by atoms with van der Waals surface area (Å²) in [5, 5.41) is 0. The van der Waals surface area contributed by atoms with Crippen LogP contribution in [-0.2, 0) is 5.88 Å². The smallest absolute Gasteiger partial charge is 0.204 e. The minimum Gasteiger partial charge on any atom is -0.282 e. The summed E-state index contributed by atoms with van der Waals surface area (Å²) < 4.78 is 2.14. The van der Waals surface area contributed by atoms with Crippen LogP contribution in [0.15, 0.2) is 60.4 Å². The minimum atomic E-state index is 0.777. The molecule has 1 aromatic rings. The van der Waals surface area contributed by atoms with Gasteiger partial charge in [-0.25, -0.2) is 0 Å². The van der Waals surface area contributed by atoms with Crippen molar-refractivity contribution in [2.75, 3.05) is 5.88 Å². The second-order valence-electron chi connectivity index (χ2n) is 2.84. The molecule has 16 heavy (non-hydrogen) atoms. The van der Waals surface area contributed by atoms with Crippen LogP contribution in [0, 0.1) is 0 Å². The van der Waals surface area contributed by atoms with Gasteiger partial charge in [-0.3, -0.25) is 4.99 Å². The van der Waals surface area contributed by atoms with Gasteiger partial charge in [0.1, 0.15) is 0 Å². The van der Waals surface area contributed by atoms with Crippen LogP contribution < -0.4 is 4.57 Å². The molecule has 0 atom stereocenters. The first-order chi connectivity index (χ1) is 7.93. The number of allylic oxidation sites excluding steroid dienone is 3. The Balaban J connectivity index is 2.06. The van der Waals surface area contributed by atoms with Gasteiger partial charge in [0.05, 0.1) is 5.88 Å². The molecule has 0 aliphatic heterocycles. The van der Waals surface area contributed by atoms with E-state index in [0.717, 1.165) is 11.8 Å². The van der Waals surface area contributed by atoms with Crippen molar-refractivity contribution in [3.05, 3.63) is 55.4 Å². The lowest BCUT2D eigenvalue weighted by Gasteiger charge is -1.94. The van der Waals surface area contributed by atoms with Gasteiger partial charge in [0.25, 0.3) is 0 Å². The Labute approximate surface area is 105 Å². The number of hydrogen-bond acceptors (Lipinski definition) is 3. The van der Waals surface area contributed by atoms with E-state index < -0.39 is 0 Å². The van der Waals surface area contributed by atoms with E-state index in [1.165, 1.54) is 0 Å². The second kappa shape index (κ2) is 9.24. The summed E-state index contributed by atoms with van der Waals surface area (Å²) in [4.78, 5) is 4.21. The van der Waals surface area contributed by atoms with Crippen molar-refractivity contribution in [2.45, 2.75) is 5.88 Å². The quantitative estimate of drug-likeness (QED) is 0.243. The Kier molecular flexibility index (Phi) is 7.55. The highest BCUT2D eigenvalue weighted by molar-refractivity contribution is 8.76. The molecule has 1 rings (SSSR count). The van der Waals surface area contributed by atoms with E-state index in [0.29, 0.717) is 0 Å². The molecule has 0 aliphatic carbocycles. The highest BCUT2D eigenvalue weighted by Crippen LogP contribution is 2.20. The predicted octanol–water partition coefficient (Wildman–Crippen LogP) is 3.08. The van der Waals surface area contributed by atoms with E-state index in [4.69, 9.17) is 0 Å². The molecule has 0 amide bonds. The fraction of sp³-hybridized carbons (Fsp3) is 0.167. The summed E-state index contributed by atoms with van der Waals surface area (Å²) in [6, 6.07) is 6.08. The Morgan fingerprint density at radius 2 is 1.94 bits per heavy atom. The van der Waals surface area contributed by atoms with Crippen molar-refractivity contribution in [2.24, 2.45) is 4.99 Å². The van der Waals surface area contributed by atoms with E-state index in [9.17, 15) is 0 Å². The van der Waals surface area contributed by atoms with Crippen LogP contribution >= 0.6 is 21.6 Å². The first kappa shape index (κ1) is 13.1. The Bertz CT molecular complexity index is 347. The summed E-state index contributed by atoms with van der Waals surface area (Å²) in [5.41, 5.74) is 0. The number of hydrogen-bond donors (Lipinski definition) is 0. The highest BCUT2D eigenvalue weighted by atomic mass is 33.1. The lowest BCUT2D eigenvalue weighted by Crippen LogP contribution is -2.29. The van der Waals surface area contributed by atoms with Crippen molar-refractivity contribution >= 4 is 27.8 Å². The number of rotatable bonds is 7. The fourth-order valence-electron chi connectivity index (χ4n) is 0.918. The summed E-state index contributed by atoms with van der Waals surface area (Å²) in [6.45, 7) is 3.58. The van der Waals surface area contributed by atoms with Crippen LogP contribution in [-0.4, -0.2) is 12.1 Å². The lowest BCUT2D eigenvalue weighted by atomic mass is 10.5. The van der Waals surface area contributed by atoms with Gasteiger partial charge in [-0.05, 0) is 16.9 Å². The topological polar surface area (TPSA) is 16.2 Å². The van der Waals surface area contributed by atoms with Crippen molar-refractivity contribution in [3.8, 4) is 0 Å². The van der Waals surface area contributed by atoms with E-state index >= 15 is 0 Å². The summed E-state index contributed by atoms with van der Waals surface area (Å²) in [7, 11) is 3.54. The predicted molar refractivity (Wildman–Crippen MR) is 74.5 cm³/mol. The third-order valence-corrected chi connectivity index (χ3v) is 3.59. The number of aromatic nitrogens is 1. The fourth-order valence-corrected chi connectivity index (χ4v) is 2.50. The molecular formula is C12H15N2S2+. The van der Waals surface area contributed by atoms with Crippen LogP contribution in [0.5, 0.6) is 0 Å². The van der Waals surface area contributed by atoms with Crippen LogP contribution in [0.25, 0.3) is 0 Å². The molecule has 0 N–H and O–H groups in total. The summed E-state index contributed by atoms with van der Waals surface area (Å²) in [5.74, 6) is 1.73. The molecule has 4 heteroatoms. The highest BCUT2D eigenvalue weighted by Gasteiger charge is 1.96. The van der Waals surface area contributed by atoms with Gasteiger partial charge in [-0.2, -0.15) is 4.57 Å². The summed E-state index contributed by atoms with van der Waals surface area (Å²) in [6.07, 6.45) is 11.4. The molecule has 0 unspecified atom stereocenters. The SMILES string of the molecule is C=C/C=C\C=N\CSSC[n+]1ccccc1. The summed E-state index contributed by atoms with van der Waals surface area (Å²) >= 11 is 0. The van der Waals surface area contributed by atoms with E-state index in [1.54, 1.807) is 33.9 Å². The van der Waals surface area contributed by atoms with Crippen LogP contribution in [0.2, 0.25) is 0 Å². The third kappa shape index (κ3) is 6.48. The van der Waals surface area contributed by atoms with Gasteiger partial charge in [-0.1, -0.05) is 35.6 Å². The normalized spacial score (nSPS) is 11.2. The van der Waals surface area contributed by atoms with Gasteiger partial charge in [0.15, 0.2) is 12.4 Å². The van der Waals surface area contributed by atoms with E-state index in [-0.39, 0.29) is 0 Å². The largest absolute Gasteiger partial charge is 0.282 e. The van der Waals surface area contributed by atoms with Crippen LogP contribution in [0.1, 0.15) is 0 Å². The Hall–Kier alpha value is -1.00. The number of aliphatic imine (C=N–C) groups is 1. The molecule has 0 saturated carbocycles. The van der Waals surface area contributed by atoms with Crippen LogP contribution in [0.3, 0.4) is 0 Å². The van der Waals surface area contributed by atoms with Gasteiger partial charge in [0, 0.05) is 18.3 Å². The molecular weight excluding hydrogens is 236 g/mol. The van der Waals surface area contributed by atoms with Crippen LogP contribution in [0.4, 0.5) is 0 Å². The molecule has 0 aromatic carbocycles. The van der Waals surface area contributed by atoms with Gasteiger partial charge < -0.3 is 0 Å². The van der Waals surface area contributed by atoms with Crippen molar-refractivity contribution < 1.29 is 4.57 Å². The van der Waals surface area contributed by atoms with Gasteiger partial charge in [0.2, 0.25) is 5.88 Å². The van der Waals surface area contributed by atoms with Gasteiger partial charge in [-0.15, -0.1) is 0 Å². The minimum absolute atomic E-state index is 0.777. The molecule has 1 heterocycles. The lowest BCUT2D eigenvalue weighted by molar-refractivity contribution is -0.675. The van der Waals surface area contributed by atoms with Crippen molar-refractivity contribution in [1.82, 2.24) is 0 Å².